The van der Waals surface area contributed by atoms with Gasteiger partial charge in [0, 0.05) is 0 Å². The predicted molar refractivity (Wildman–Crippen MR) is 65.7 cm³/mol. The van der Waals surface area contributed by atoms with Gasteiger partial charge in [0.2, 0.25) is 5.78 Å². The van der Waals surface area contributed by atoms with Crippen LogP contribution in [0.2, 0.25) is 0 Å². The molecule has 0 aliphatic carbocycles. The van der Waals surface area contributed by atoms with Gasteiger partial charge in [-0.15, -0.1) is 0 Å². The zero-order chi connectivity index (χ0) is 14.2. The Balaban J connectivity index is 2.63. The van der Waals surface area contributed by atoms with Gasteiger partial charge in [0.15, 0.2) is 0 Å². The van der Waals surface area contributed by atoms with Crippen LogP contribution in [0.4, 0.5) is 13.2 Å². The van der Waals surface area contributed by atoms with Crippen LogP contribution in [0.3, 0.4) is 0 Å². The van der Waals surface area contributed by atoms with E-state index in [2.05, 4.69) is 0 Å². The lowest BCUT2D eigenvalue weighted by atomic mass is 9.98. The molecule has 1 nitrogen and oxygen atoms in total. The summed E-state index contributed by atoms with van der Waals surface area (Å²) in [4.78, 5) is 12.1. The van der Waals surface area contributed by atoms with Crippen molar-refractivity contribution >= 4 is 5.78 Å². The molecule has 0 saturated heterocycles. The van der Waals surface area contributed by atoms with Crippen molar-refractivity contribution in [3.8, 4) is 0 Å². The molecule has 2 aromatic carbocycles. The van der Waals surface area contributed by atoms with Gasteiger partial charge in [0.05, 0.1) is 11.1 Å². The SMILES string of the molecule is Cc1ccc(F)c(C(=O)c2c(F)ccc(C)c2F)c1. The normalized spacial score (nSPS) is 10.6. The van der Waals surface area contributed by atoms with Gasteiger partial charge in [0.25, 0.3) is 0 Å². The summed E-state index contributed by atoms with van der Waals surface area (Å²) < 4.78 is 41.1. The van der Waals surface area contributed by atoms with Crippen LogP contribution in [0, 0.1) is 31.3 Å². The first-order valence-corrected chi connectivity index (χ1v) is 5.67. The largest absolute Gasteiger partial charge is 0.288 e. The summed E-state index contributed by atoms with van der Waals surface area (Å²) >= 11 is 0. The van der Waals surface area contributed by atoms with E-state index in [1.54, 1.807) is 6.92 Å². The van der Waals surface area contributed by atoms with Gasteiger partial charge in [-0.05, 0) is 37.6 Å². The van der Waals surface area contributed by atoms with E-state index in [1.807, 2.05) is 0 Å². The number of ketones is 1. The van der Waals surface area contributed by atoms with Crippen molar-refractivity contribution in [1.29, 1.82) is 0 Å². The lowest BCUT2D eigenvalue weighted by Gasteiger charge is -2.08. The Morgan fingerprint density at radius 3 is 2.26 bits per heavy atom. The number of carbonyl (C=O) groups is 1. The number of carbonyl (C=O) groups excluding carboxylic acids is 1. The van der Waals surface area contributed by atoms with Crippen LogP contribution in [-0.4, -0.2) is 5.78 Å². The number of halogens is 3. The molecule has 19 heavy (non-hydrogen) atoms. The average Bonchev–Trinajstić information content (AvgIpc) is 2.37. The van der Waals surface area contributed by atoms with Gasteiger partial charge >= 0.3 is 0 Å². The Morgan fingerprint density at radius 2 is 1.58 bits per heavy atom. The molecule has 0 saturated carbocycles. The lowest BCUT2D eigenvalue weighted by molar-refractivity contribution is 0.102. The highest BCUT2D eigenvalue weighted by Gasteiger charge is 2.22. The smallest absolute Gasteiger partial charge is 0.201 e. The molecule has 0 amide bonds. The number of hydrogen-bond donors (Lipinski definition) is 0. The molecule has 0 N–H and O–H groups in total. The van der Waals surface area contributed by atoms with Crippen LogP contribution in [0.25, 0.3) is 0 Å². The topological polar surface area (TPSA) is 17.1 Å². The van der Waals surface area contributed by atoms with E-state index >= 15 is 0 Å². The van der Waals surface area contributed by atoms with Gasteiger partial charge in [0.1, 0.15) is 17.5 Å². The van der Waals surface area contributed by atoms with E-state index in [1.165, 1.54) is 25.1 Å². The van der Waals surface area contributed by atoms with Crippen LogP contribution in [0.1, 0.15) is 27.0 Å². The zero-order valence-corrected chi connectivity index (χ0v) is 10.4. The molecule has 0 aromatic heterocycles. The van der Waals surface area contributed by atoms with E-state index in [-0.39, 0.29) is 11.1 Å². The van der Waals surface area contributed by atoms with Crippen molar-refractivity contribution in [3.05, 3.63) is 70.0 Å². The second kappa shape index (κ2) is 4.88. The molecule has 0 spiro atoms. The summed E-state index contributed by atoms with van der Waals surface area (Å²) in [5.74, 6) is -3.73. The molecule has 98 valence electrons. The van der Waals surface area contributed by atoms with Crippen LogP contribution in [0.5, 0.6) is 0 Å². The quantitative estimate of drug-likeness (QED) is 0.750. The lowest BCUT2D eigenvalue weighted by Crippen LogP contribution is -2.11. The molecule has 0 bridgehead atoms. The molecule has 0 fully saturated rings. The minimum absolute atomic E-state index is 0.137. The predicted octanol–water partition coefficient (Wildman–Crippen LogP) is 3.95. The van der Waals surface area contributed by atoms with E-state index in [9.17, 15) is 18.0 Å². The standard InChI is InChI=1S/C15H11F3O/c1-8-3-5-11(16)10(7-8)15(19)13-12(17)6-4-9(2)14(13)18/h3-7H,1-2H3. The fourth-order valence-electron chi connectivity index (χ4n) is 1.81. The molecule has 2 aromatic rings. The summed E-state index contributed by atoms with van der Waals surface area (Å²) in [6.45, 7) is 3.08. The van der Waals surface area contributed by atoms with Gasteiger partial charge in [-0.1, -0.05) is 17.7 Å². The summed E-state index contributed by atoms with van der Waals surface area (Å²) in [6, 6.07) is 6.09. The van der Waals surface area contributed by atoms with Gasteiger partial charge < -0.3 is 0 Å². The minimum Gasteiger partial charge on any atom is -0.288 e. The Kier molecular flexibility index (Phi) is 3.42. The fourth-order valence-corrected chi connectivity index (χ4v) is 1.81. The maximum absolute atomic E-state index is 13.8. The van der Waals surface area contributed by atoms with Crippen molar-refractivity contribution in [1.82, 2.24) is 0 Å². The molecule has 0 aliphatic heterocycles. The number of rotatable bonds is 2. The zero-order valence-electron chi connectivity index (χ0n) is 10.4. The maximum atomic E-state index is 13.8. The second-order valence-corrected chi connectivity index (χ2v) is 4.37. The van der Waals surface area contributed by atoms with Gasteiger partial charge in [-0.3, -0.25) is 4.79 Å². The number of hydrogen-bond acceptors (Lipinski definition) is 1. The average molecular weight is 264 g/mol. The Labute approximate surface area is 108 Å². The first-order chi connectivity index (χ1) is 8.91. The van der Waals surface area contributed by atoms with Gasteiger partial charge in [-0.25, -0.2) is 13.2 Å². The molecule has 0 atom stereocenters. The second-order valence-electron chi connectivity index (χ2n) is 4.37. The Bertz CT molecular complexity index is 663. The van der Waals surface area contributed by atoms with Crippen LogP contribution < -0.4 is 0 Å². The summed E-state index contributed by atoms with van der Waals surface area (Å²) in [5.41, 5.74) is -0.274. The van der Waals surface area contributed by atoms with E-state index in [0.29, 0.717) is 5.56 Å². The number of aryl methyl sites for hydroxylation is 2. The van der Waals surface area contributed by atoms with Crippen molar-refractivity contribution in [3.63, 3.8) is 0 Å². The molecule has 0 aliphatic rings. The maximum Gasteiger partial charge on any atom is 0.201 e. The van der Waals surface area contributed by atoms with Gasteiger partial charge in [-0.2, -0.15) is 0 Å². The molecular weight excluding hydrogens is 253 g/mol. The van der Waals surface area contributed by atoms with Crippen molar-refractivity contribution in [2.75, 3.05) is 0 Å². The monoisotopic (exact) mass is 264 g/mol. The highest BCUT2D eigenvalue weighted by Crippen LogP contribution is 2.22. The summed E-state index contributed by atoms with van der Waals surface area (Å²) in [6.07, 6.45) is 0. The molecule has 2 rings (SSSR count). The highest BCUT2D eigenvalue weighted by molar-refractivity contribution is 6.09. The third kappa shape index (κ3) is 2.38. The van der Waals surface area contributed by atoms with Crippen LogP contribution >= 0.6 is 0 Å². The molecule has 0 unspecified atom stereocenters. The van der Waals surface area contributed by atoms with E-state index in [0.717, 1.165) is 12.1 Å². The molecule has 0 heterocycles. The van der Waals surface area contributed by atoms with E-state index < -0.39 is 28.8 Å². The summed E-state index contributed by atoms with van der Waals surface area (Å²) in [5, 5.41) is 0. The first-order valence-electron chi connectivity index (χ1n) is 5.67. The Hall–Kier alpha value is -2.10. The van der Waals surface area contributed by atoms with Crippen molar-refractivity contribution < 1.29 is 18.0 Å². The fraction of sp³-hybridized carbons (Fsp3) is 0.133. The highest BCUT2D eigenvalue weighted by atomic mass is 19.1. The third-order valence-corrected chi connectivity index (χ3v) is 2.88. The molecule has 0 radical (unpaired) electrons. The van der Waals surface area contributed by atoms with Crippen molar-refractivity contribution in [2.45, 2.75) is 13.8 Å². The van der Waals surface area contributed by atoms with Crippen LogP contribution in [-0.2, 0) is 0 Å². The Morgan fingerprint density at radius 1 is 0.947 bits per heavy atom. The summed E-state index contributed by atoms with van der Waals surface area (Å²) in [7, 11) is 0. The molecule has 4 heteroatoms. The minimum atomic E-state index is -0.992. The van der Waals surface area contributed by atoms with Crippen molar-refractivity contribution in [2.24, 2.45) is 0 Å². The third-order valence-electron chi connectivity index (χ3n) is 2.88. The first kappa shape index (κ1) is 13.3. The van der Waals surface area contributed by atoms with Crippen LogP contribution in [0.15, 0.2) is 30.3 Å². The molecular formula is C15H11F3O. The van der Waals surface area contributed by atoms with E-state index in [4.69, 9.17) is 0 Å². The number of benzene rings is 2.